The minimum atomic E-state index is -0.864. The van der Waals surface area contributed by atoms with Crippen molar-refractivity contribution in [1.29, 1.82) is 0 Å². The number of alkyl halides is 1. The molecule has 4 atom stereocenters. The van der Waals surface area contributed by atoms with Crippen molar-refractivity contribution in [2.75, 3.05) is 51.5 Å². The Morgan fingerprint density at radius 3 is 3.00 bits per heavy atom. The van der Waals surface area contributed by atoms with Gasteiger partial charge in [-0.1, -0.05) is 11.6 Å². The molecule has 6 rings (SSSR count). The number of nitrogens with zero attached hydrogens (tertiary/aromatic N) is 5. The van der Waals surface area contributed by atoms with E-state index in [1.807, 2.05) is 11.9 Å². The van der Waals surface area contributed by atoms with E-state index in [2.05, 4.69) is 19.9 Å². The molecule has 4 aliphatic heterocycles. The Bertz CT molecular complexity index is 1080. The molecule has 0 radical (unpaired) electrons. The zero-order chi connectivity index (χ0) is 22.0. The molecule has 0 amide bonds. The van der Waals surface area contributed by atoms with Crippen LogP contribution in [-0.4, -0.2) is 84.2 Å². The van der Waals surface area contributed by atoms with Crippen molar-refractivity contribution in [2.45, 2.75) is 37.0 Å². The molecule has 32 heavy (non-hydrogen) atoms. The second-order valence-electron chi connectivity index (χ2n) is 9.23. The van der Waals surface area contributed by atoms with Crippen molar-refractivity contribution in [1.82, 2.24) is 19.9 Å². The smallest absolute Gasteiger partial charge is 0.319 e. The first-order valence-electron chi connectivity index (χ1n) is 11.0. The van der Waals surface area contributed by atoms with Crippen molar-refractivity contribution in [2.24, 2.45) is 5.92 Å². The lowest BCUT2D eigenvalue weighted by Gasteiger charge is -2.33. The van der Waals surface area contributed by atoms with Crippen molar-refractivity contribution >= 4 is 28.3 Å². The van der Waals surface area contributed by atoms with Crippen LogP contribution in [0, 0.1) is 11.7 Å². The largest absolute Gasteiger partial charge is 0.477 e. The first-order chi connectivity index (χ1) is 15.4. The molecule has 0 bridgehead atoms. The molecule has 0 saturated carbocycles. The molecule has 172 valence electrons. The van der Waals surface area contributed by atoms with Gasteiger partial charge in [-0.2, -0.15) is 15.0 Å². The van der Waals surface area contributed by atoms with Crippen LogP contribution in [0.5, 0.6) is 11.9 Å². The molecular formula is C21H24ClF2N5O3. The lowest BCUT2D eigenvalue weighted by atomic mass is 9.95. The number of anilines is 1. The van der Waals surface area contributed by atoms with E-state index < -0.39 is 12.0 Å². The van der Waals surface area contributed by atoms with Gasteiger partial charge in [-0.25, -0.2) is 8.78 Å². The summed E-state index contributed by atoms with van der Waals surface area (Å²) in [5.41, 5.74) is -0.359. The second kappa shape index (κ2) is 7.50. The summed E-state index contributed by atoms with van der Waals surface area (Å²) in [4.78, 5) is 17.2. The lowest BCUT2D eigenvalue weighted by molar-refractivity contribution is 0.107. The van der Waals surface area contributed by atoms with Crippen LogP contribution >= 0.6 is 11.6 Å². The number of rotatable bonds is 3. The number of hydrogen-bond acceptors (Lipinski definition) is 8. The van der Waals surface area contributed by atoms with Crippen LogP contribution in [0.4, 0.5) is 14.6 Å². The van der Waals surface area contributed by atoms with Gasteiger partial charge < -0.3 is 19.1 Å². The third-order valence-electron chi connectivity index (χ3n) is 7.33. The molecule has 0 aromatic carbocycles. The zero-order valence-corrected chi connectivity index (χ0v) is 18.4. The van der Waals surface area contributed by atoms with Crippen molar-refractivity contribution < 1.29 is 23.0 Å². The van der Waals surface area contributed by atoms with Crippen LogP contribution in [-0.2, 0) is 4.74 Å². The van der Waals surface area contributed by atoms with Crippen molar-refractivity contribution in [3.05, 3.63) is 11.0 Å². The van der Waals surface area contributed by atoms with Gasteiger partial charge in [0.1, 0.15) is 29.5 Å². The van der Waals surface area contributed by atoms with Crippen molar-refractivity contribution in [3.8, 4) is 11.9 Å². The van der Waals surface area contributed by atoms with E-state index in [1.165, 1.54) is 0 Å². The van der Waals surface area contributed by atoms with Gasteiger partial charge in [0.15, 0.2) is 11.0 Å². The average Bonchev–Trinajstić information content (AvgIpc) is 3.46. The standard InChI is InChI=1S/C21H24ClF2N5O3/c1-28-13-9-30-7-11(13)8-31-19-14-16(15(24)17(22)26-19)25-20(27-18(14)28)32-10-21-3-2-4-29(21)6-12(23)5-21/h11-13H,2-10H2,1H3/t11-,12-,13+,21+/m1/s1. The van der Waals surface area contributed by atoms with Gasteiger partial charge in [-0.05, 0) is 19.4 Å². The topological polar surface area (TPSA) is 72.8 Å². The molecule has 3 fully saturated rings. The Morgan fingerprint density at radius 2 is 2.12 bits per heavy atom. The highest BCUT2D eigenvalue weighted by molar-refractivity contribution is 6.30. The molecule has 3 saturated heterocycles. The molecule has 2 aromatic heterocycles. The van der Waals surface area contributed by atoms with E-state index >= 15 is 4.39 Å². The van der Waals surface area contributed by atoms with Crippen LogP contribution in [0.3, 0.4) is 0 Å². The van der Waals surface area contributed by atoms with Crippen LogP contribution in [0.15, 0.2) is 0 Å². The summed E-state index contributed by atoms with van der Waals surface area (Å²) in [6.07, 6.45) is 1.42. The van der Waals surface area contributed by atoms with E-state index in [9.17, 15) is 4.39 Å². The lowest BCUT2D eigenvalue weighted by Crippen LogP contribution is -2.44. The quantitative estimate of drug-likeness (QED) is 0.638. The maximum absolute atomic E-state index is 15.0. The Morgan fingerprint density at radius 1 is 1.25 bits per heavy atom. The highest BCUT2D eigenvalue weighted by atomic mass is 35.5. The summed E-state index contributed by atoms with van der Waals surface area (Å²) in [5.74, 6) is 0.0146. The number of hydrogen-bond donors (Lipinski definition) is 0. The van der Waals surface area contributed by atoms with E-state index in [0.29, 0.717) is 44.0 Å². The molecule has 4 aliphatic rings. The molecule has 0 unspecified atom stereocenters. The third kappa shape index (κ3) is 3.10. The fourth-order valence-electron chi connectivity index (χ4n) is 5.67. The SMILES string of the molecule is CN1c2nc(OC[C@@]34CCCN3C[C@H](F)C4)nc3c(F)c(Cl)nc(c23)OC[C@H]2COC[C@@H]21. The van der Waals surface area contributed by atoms with E-state index in [0.717, 1.165) is 19.4 Å². The van der Waals surface area contributed by atoms with Crippen LogP contribution in [0.25, 0.3) is 10.9 Å². The van der Waals surface area contributed by atoms with Gasteiger partial charge in [0, 0.05) is 25.9 Å². The number of likely N-dealkylation sites (N-methyl/N-ethyl adjacent to an activating group) is 1. The van der Waals surface area contributed by atoms with Crippen LogP contribution in [0.1, 0.15) is 19.3 Å². The van der Waals surface area contributed by atoms with Gasteiger partial charge in [0.25, 0.3) is 0 Å². The first-order valence-corrected chi connectivity index (χ1v) is 11.3. The maximum atomic E-state index is 15.0. The van der Waals surface area contributed by atoms with Gasteiger partial charge in [0.05, 0.1) is 31.4 Å². The second-order valence-corrected chi connectivity index (χ2v) is 9.58. The monoisotopic (exact) mass is 467 g/mol. The Balaban J connectivity index is 1.42. The van der Waals surface area contributed by atoms with Gasteiger partial charge in [0.2, 0.25) is 5.88 Å². The van der Waals surface area contributed by atoms with E-state index in [-0.39, 0.29) is 46.7 Å². The van der Waals surface area contributed by atoms with Gasteiger partial charge >= 0.3 is 6.01 Å². The predicted octanol–water partition coefficient (Wildman–Crippen LogP) is 2.62. The highest BCUT2D eigenvalue weighted by Crippen LogP contribution is 2.42. The first kappa shape index (κ1) is 20.6. The van der Waals surface area contributed by atoms with Gasteiger partial charge in [-0.15, -0.1) is 0 Å². The minimum absolute atomic E-state index is 0.000201. The molecule has 8 nitrogen and oxygen atoms in total. The predicted molar refractivity (Wildman–Crippen MR) is 113 cm³/mol. The number of ether oxygens (including phenoxy) is 3. The van der Waals surface area contributed by atoms with E-state index in [1.54, 1.807) is 0 Å². The van der Waals surface area contributed by atoms with E-state index in [4.69, 9.17) is 25.8 Å². The summed E-state index contributed by atoms with van der Waals surface area (Å²) in [6, 6.07) is 0.0462. The zero-order valence-electron chi connectivity index (χ0n) is 17.7. The molecule has 2 aromatic rings. The summed E-state index contributed by atoms with van der Waals surface area (Å²) >= 11 is 6.06. The molecule has 11 heteroatoms. The summed E-state index contributed by atoms with van der Waals surface area (Å²) in [6.45, 7) is 2.98. The van der Waals surface area contributed by atoms with Crippen LogP contribution in [0.2, 0.25) is 5.15 Å². The molecule has 0 aliphatic carbocycles. The van der Waals surface area contributed by atoms with Crippen LogP contribution < -0.4 is 14.4 Å². The summed E-state index contributed by atoms with van der Waals surface area (Å²) in [5, 5.41) is 0.0413. The number of fused-ring (bicyclic) bond motifs is 2. The normalized spacial score (nSPS) is 31.9. The number of aromatic nitrogens is 3. The molecule has 6 heterocycles. The third-order valence-corrected chi connectivity index (χ3v) is 7.58. The van der Waals surface area contributed by atoms with Crippen molar-refractivity contribution in [3.63, 3.8) is 0 Å². The fourth-order valence-corrected chi connectivity index (χ4v) is 5.83. The Kier molecular flexibility index (Phi) is 4.82. The highest BCUT2D eigenvalue weighted by Gasteiger charge is 2.49. The fraction of sp³-hybridized carbons (Fsp3) is 0.667. The molecule has 0 spiro atoms. The Labute approximate surface area is 188 Å². The van der Waals surface area contributed by atoms with Gasteiger partial charge in [-0.3, -0.25) is 4.90 Å². The Hall–Kier alpha value is -2.04. The minimum Gasteiger partial charge on any atom is -0.477 e. The summed E-state index contributed by atoms with van der Waals surface area (Å²) in [7, 11) is 1.89. The molecular weight excluding hydrogens is 444 g/mol. The maximum Gasteiger partial charge on any atom is 0.319 e. The number of halogens is 3. The summed E-state index contributed by atoms with van der Waals surface area (Å²) < 4.78 is 46.7. The number of pyridine rings is 1. The average molecular weight is 468 g/mol. The molecule has 0 N–H and O–H groups in total.